The first kappa shape index (κ1) is 32.1. The average molecular weight is 477 g/mol. The smallest absolute Gasteiger partial charge is 0.284 e. The highest BCUT2D eigenvalue weighted by atomic mass is 31.2. The lowest BCUT2D eigenvalue weighted by Crippen LogP contribution is -2.21. The van der Waals surface area contributed by atoms with Crippen LogP contribution in [0.25, 0.3) is 0 Å². The van der Waals surface area contributed by atoms with Crippen LogP contribution < -0.4 is 0 Å². The lowest BCUT2D eigenvalue weighted by Gasteiger charge is -2.30. The Labute approximate surface area is 201 Å². The summed E-state index contributed by atoms with van der Waals surface area (Å²) in [6.45, 7) is 13.1. The molecule has 0 aromatic rings. The van der Waals surface area contributed by atoms with E-state index in [0.717, 1.165) is 77.0 Å². The highest BCUT2D eigenvalue weighted by molar-refractivity contribution is 7.48. The minimum absolute atomic E-state index is 0.0479. The Bertz CT molecular complexity index is 382. The van der Waals surface area contributed by atoms with E-state index in [1.54, 1.807) is 0 Å². The fourth-order valence-corrected chi connectivity index (χ4v) is 6.08. The van der Waals surface area contributed by atoms with Crippen LogP contribution in [-0.4, -0.2) is 18.3 Å². The molecule has 0 aliphatic carbocycles. The van der Waals surface area contributed by atoms with Gasteiger partial charge in [0.15, 0.2) is 0 Å². The molecule has 194 valence electrons. The Morgan fingerprint density at radius 2 is 0.719 bits per heavy atom. The summed E-state index contributed by atoms with van der Waals surface area (Å²) in [7, 11) is -3.62. The zero-order chi connectivity index (χ0) is 24.1. The first-order valence-corrected chi connectivity index (χ1v) is 15.6. The van der Waals surface area contributed by atoms with Gasteiger partial charge < -0.3 is 0 Å². The van der Waals surface area contributed by atoms with E-state index in [0.29, 0.717) is 0 Å². The van der Waals surface area contributed by atoms with E-state index < -0.39 is 7.82 Å². The van der Waals surface area contributed by atoms with Crippen LogP contribution in [0.4, 0.5) is 0 Å². The lowest BCUT2D eigenvalue weighted by molar-refractivity contribution is 0.0169. The summed E-state index contributed by atoms with van der Waals surface area (Å²) < 4.78 is 33.0. The van der Waals surface area contributed by atoms with Gasteiger partial charge >= 0.3 is 7.82 Å². The highest BCUT2D eigenvalue weighted by Gasteiger charge is 2.36. The molecule has 0 aliphatic rings. The molecule has 0 saturated heterocycles. The van der Waals surface area contributed by atoms with Crippen molar-refractivity contribution in [2.75, 3.05) is 0 Å². The van der Waals surface area contributed by atoms with Gasteiger partial charge in [-0.1, -0.05) is 119 Å². The molecule has 0 bridgehead atoms. The van der Waals surface area contributed by atoms with Gasteiger partial charge in [0.05, 0.1) is 18.3 Å². The van der Waals surface area contributed by atoms with Crippen LogP contribution in [0.3, 0.4) is 0 Å². The number of hydrogen-bond acceptors (Lipinski definition) is 4. The van der Waals surface area contributed by atoms with Gasteiger partial charge in [0.25, 0.3) is 0 Å². The summed E-state index contributed by atoms with van der Waals surface area (Å²) in [6.07, 6.45) is 18.8. The number of phosphoric acid groups is 1. The molecule has 0 saturated carbocycles. The van der Waals surface area contributed by atoms with Crippen molar-refractivity contribution >= 4 is 7.82 Å². The van der Waals surface area contributed by atoms with Crippen molar-refractivity contribution in [3.05, 3.63) is 0 Å². The first-order chi connectivity index (χ1) is 15.5. The topological polar surface area (TPSA) is 44.8 Å². The van der Waals surface area contributed by atoms with Crippen molar-refractivity contribution in [3.63, 3.8) is 0 Å². The molecule has 0 aromatic heterocycles. The third-order valence-electron chi connectivity index (χ3n) is 6.06. The quantitative estimate of drug-likeness (QED) is 0.103. The molecule has 4 nitrogen and oxygen atoms in total. The van der Waals surface area contributed by atoms with Gasteiger partial charge in [0.2, 0.25) is 0 Å². The van der Waals surface area contributed by atoms with Crippen LogP contribution in [0.15, 0.2) is 0 Å². The second-order valence-electron chi connectivity index (χ2n) is 9.48. The predicted molar refractivity (Wildman–Crippen MR) is 139 cm³/mol. The molecule has 0 N–H and O–H groups in total. The summed E-state index contributed by atoms with van der Waals surface area (Å²) in [4.78, 5) is 0. The van der Waals surface area contributed by atoms with Gasteiger partial charge in [0.1, 0.15) is 0 Å². The van der Waals surface area contributed by atoms with Crippen LogP contribution >= 0.6 is 7.82 Å². The minimum Gasteiger partial charge on any atom is -0.284 e. The van der Waals surface area contributed by atoms with Gasteiger partial charge in [-0.2, -0.15) is 0 Å². The monoisotopic (exact) mass is 476 g/mol. The summed E-state index contributed by atoms with van der Waals surface area (Å²) >= 11 is 0. The summed E-state index contributed by atoms with van der Waals surface area (Å²) in [6, 6.07) is 0. The van der Waals surface area contributed by atoms with Gasteiger partial charge in [-0.25, -0.2) is 4.57 Å². The van der Waals surface area contributed by atoms with E-state index in [-0.39, 0.29) is 18.3 Å². The van der Waals surface area contributed by atoms with Crippen LogP contribution in [0.5, 0.6) is 0 Å². The maximum Gasteiger partial charge on any atom is 0.475 e. The van der Waals surface area contributed by atoms with Crippen LogP contribution in [0.2, 0.25) is 0 Å². The SMILES string of the molecule is CCCCCC(CCC)OP(=O)(OC(CCC)CCCCC)OC(CCC)CCCCC. The molecule has 0 fully saturated rings. The maximum absolute atomic E-state index is 14.1. The molecule has 3 unspecified atom stereocenters. The molecule has 0 aromatic carbocycles. The second kappa shape index (κ2) is 21.6. The minimum atomic E-state index is -3.62. The summed E-state index contributed by atoms with van der Waals surface area (Å²) in [5, 5.41) is 0. The predicted octanol–water partition coefficient (Wildman–Crippen LogP) is 10.4. The van der Waals surface area contributed by atoms with E-state index in [1.165, 1.54) is 38.5 Å². The van der Waals surface area contributed by atoms with Gasteiger partial charge in [-0.05, 0) is 38.5 Å². The number of phosphoric ester groups is 1. The molecule has 5 heteroatoms. The first-order valence-electron chi connectivity index (χ1n) is 14.1. The van der Waals surface area contributed by atoms with Crippen LogP contribution in [0.1, 0.15) is 157 Å². The Kier molecular flexibility index (Phi) is 21.7. The molecule has 0 aliphatic heterocycles. The summed E-state index contributed by atoms with van der Waals surface area (Å²) in [5.41, 5.74) is 0. The van der Waals surface area contributed by atoms with Crippen molar-refractivity contribution in [2.45, 2.75) is 175 Å². The van der Waals surface area contributed by atoms with E-state index in [2.05, 4.69) is 41.5 Å². The van der Waals surface area contributed by atoms with E-state index in [4.69, 9.17) is 13.6 Å². The number of unbranched alkanes of at least 4 members (excludes halogenated alkanes) is 6. The third-order valence-corrected chi connectivity index (χ3v) is 7.72. The van der Waals surface area contributed by atoms with Crippen molar-refractivity contribution in [1.29, 1.82) is 0 Å². The van der Waals surface area contributed by atoms with Crippen molar-refractivity contribution in [2.24, 2.45) is 0 Å². The maximum atomic E-state index is 14.1. The zero-order valence-electron chi connectivity index (χ0n) is 22.5. The molecule has 3 atom stereocenters. The van der Waals surface area contributed by atoms with Gasteiger partial charge in [0, 0.05) is 0 Å². The summed E-state index contributed by atoms with van der Waals surface area (Å²) in [5.74, 6) is 0. The molecular formula is C27H57O4P. The molecule has 0 spiro atoms. The third kappa shape index (κ3) is 16.7. The number of hydrogen-bond donors (Lipinski definition) is 0. The van der Waals surface area contributed by atoms with Crippen molar-refractivity contribution in [3.8, 4) is 0 Å². The van der Waals surface area contributed by atoms with E-state index in [9.17, 15) is 4.57 Å². The molecule has 0 amide bonds. The Balaban J connectivity index is 5.48. The largest absolute Gasteiger partial charge is 0.475 e. The average Bonchev–Trinajstić information content (AvgIpc) is 2.74. The molecule has 0 rings (SSSR count). The van der Waals surface area contributed by atoms with Crippen molar-refractivity contribution in [1.82, 2.24) is 0 Å². The molecule has 32 heavy (non-hydrogen) atoms. The fourth-order valence-electron chi connectivity index (χ4n) is 4.20. The Morgan fingerprint density at radius 3 is 0.938 bits per heavy atom. The van der Waals surface area contributed by atoms with E-state index in [1.807, 2.05) is 0 Å². The lowest BCUT2D eigenvalue weighted by atomic mass is 10.1. The highest BCUT2D eigenvalue weighted by Crippen LogP contribution is 2.55. The molecular weight excluding hydrogens is 419 g/mol. The van der Waals surface area contributed by atoms with Gasteiger partial charge in [-0.3, -0.25) is 13.6 Å². The molecule has 0 radical (unpaired) electrons. The standard InChI is InChI=1S/C27H57O4P/c1-7-13-16-22-25(19-10-4)29-32(28,30-26(20-11-5)23-17-14-8-2)31-27(21-12-6)24-18-15-9-3/h25-27H,7-24H2,1-6H3. The normalized spacial score (nSPS) is 16.6. The second-order valence-corrected chi connectivity index (χ2v) is 11.0. The van der Waals surface area contributed by atoms with Gasteiger partial charge in [-0.15, -0.1) is 0 Å². The zero-order valence-corrected chi connectivity index (χ0v) is 23.4. The van der Waals surface area contributed by atoms with E-state index >= 15 is 0 Å². The fraction of sp³-hybridized carbons (Fsp3) is 1.00. The number of rotatable bonds is 24. The Morgan fingerprint density at radius 1 is 0.438 bits per heavy atom. The Hall–Kier alpha value is 0.110. The molecule has 0 heterocycles. The van der Waals surface area contributed by atoms with Crippen molar-refractivity contribution < 1.29 is 18.1 Å². The van der Waals surface area contributed by atoms with Crippen LogP contribution in [0, 0.1) is 0 Å². The van der Waals surface area contributed by atoms with Crippen LogP contribution in [-0.2, 0) is 18.1 Å².